The zero-order valence-corrected chi connectivity index (χ0v) is 38.2. The number of carbonyl (C=O) groups excluding carboxylic acids is 2. The molecule has 0 radical (unpaired) electrons. The van der Waals surface area contributed by atoms with Gasteiger partial charge in [-0.05, 0) is 44.9 Å². The standard InChI is InChI=1S/C46H85O13P/c1-3-5-7-9-11-13-15-17-18-19-20-21-22-23-25-27-29-31-33-35-40(48)58-38(36-56-39(47)34-32-30-28-26-24-16-14-12-10-8-6-4-2)37-57-60(54,55)59-46-44(52)42(50)41(49)43(51)45(46)53/h11,13,17-18,38,41-46,49-53H,3-10,12,14-16,19-37H2,1-2H3,(H,54,55)/b13-11+,18-17+/t38-,41?,42+,43?,44?,45?,46?/m1/s1. The van der Waals surface area contributed by atoms with Crippen LogP contribution in [0.25, 0.3) is 0 Å². The van der Waals surface area contributed by atoms with Crippen LogP contribution in [0.2, 0.25) is 0 Å². The smallest absolute Gasteiger partial charge is 0.462 e. The first-order valence-electron chi connectivity index (χ1n) is 23.6. The first-order chi connectivity index (χ1) is 28.9. The van der Waals surface area contributed by atoms with Gasteiger partial charge in [0.1, 0.15) is 43.2 Å². The van der Waals surface area contributed by atoms with Crippen molar-refractivity contribution in [2.75, 3.05) is 13.2 Å². The Morgan fingerprint density at radius 3 is 1.38 bits per heavy atom. The minimum Gasteiger partial charge on any atom is -0.462 e. The molecule has 13 nitrogen and oxygen atoms in total. The summed E-state index contributed by atoms with van der Waals surface area (Å²) in [6.07, 6.45) is 26.6. The van der Waals surface area contributed by atoms with Gasteiger partial charge in [-0.2, -0.15) is 0 Å². The molecule has 1 aliphatic carbocycles. The minimum absolute atomic E-state index is 0.0946. The van der Waals surface area contributed by atoms with Crippen molar-refractivity contribution in [3.8, 4) is 0 Å². The second-order valence-electron chi connectivity index (χ2n) is 16.6. The Hall–Kier alpha value is -1.67. The third kappa shape index (κ3) is 28.8. The average Bonchev–Trinajstić information content (AvgIpc) is 3.23. The molecular weight excluding hydrogens is 791 g/mol. The maximum Gasteiger partial charge on any atom is 0.472 e. The number of rotatable bonds is 39. The summed E-state index contributed by atoms with van der Waals surface area (Å²) in [4.78, 5) is 35.7. The SMILES string of the molecule is CCCCC/C=C/C/C=C/CCCCCCCCCCCC(=O)O[C@H](COC(=O)CCCCCCCCCCCCCC)COP(=O)(O)OC1C(O)C(O)C(O)[C@H](O)C1O. The molecule has 14 heteroatoms. The zero-order chi connectivity index (χ0) is 44.3. The molecule has 1 aliphatic rings. The van der Waals surface area contributed by atoms with Crippen molar-refractivity contribution in [3.05, 3.63) is 24.3 Å². The Labute approximate surface area is 362 Å². The van der Waals surface area contributed by atoms with Gasteiger partial charge in [0.05, 0.1) is 6.61 Å². The van der Waals surface area contributed by atoms with E-state index in [1.54, 1.807) is 0 Å². The van der Waals surface area contributed by atoms with Gasteiger partial charge in [0, 0.05) is 12.8 Å². The van der Waals surface area contributed by atoms with Gasteiger partial charge >= 0.3 is 19.8 Å². The van der Waals surface area contributed by atoms with Gasteiger partial charge in [-0.25, -0.2) is 4.57 Å². The predicted octanol–water partition coefficient (Wildman–Crippen LogP) is 9.23. The second-order valence-corrected chi connectivity index (χ2v) is 18.0. The molecule has 0 aromatic rings. The van der Waals surface area contributed by atoms with E-state index in [1.807, 2.05) is 0 Å². The van der Waals surface area contributed by atoms with Crippen LogP contribution >= 0.6 is 7.82 Å². The number of phosphoric acid groups is 1. The number of aliphatic hydroxyl groups is 5. The molecule has 1 fully saturated rings. The zero-order valence-electron chi connectivity index (χ0n) is 37.3. The second kappa shape index (κ2) is 36.8. The molecule has 6 unspecified atom stereocenters. The fourth-order valence-corrected chi connectivity index (χ4v) is 8.17. The van der Waals surface area contributed by atoms with E-state index in [0.717, 1.165) is 57.8 Å². The van der Waals surface area contributed by atoms with E-state index in [4.69, 9.17) is 18.5 Å². The Bertz CT molecular complexity index is 1150. The first kappa shape index (κ1) is 56.3. The summed E-state index contributed by atoms with van der Waals surface area (Å²) in [6, 6.07) is 0. The van der Waals surface area contributed by atoms with Crippen molar-refractivity contribution < 1.29 is 63.1 Å². The molecular formula is C46H85O13P. The van der Waals surface area contributed by atoms with Gasteiger partial charge in [-0.15, -0.1) is 0 Å². The van der Waals surface area contributed by atoms with E-state index in [9.17, 15) is 44.6 Å². The number of hydrogen-bond acceptors (Lipinski definition) is 12. The molecule has 0 heterocycles. The summed E-state index contributed by atoms with van der Waals surface area (Å²) in [5.74, 6) is -1.10. The Kier molecular flexibility index (Phi) is 34.5. The van der Waals surface area contributed by atoms with Crippen molar-refractivity contribution >= 4 is 19.8 Å². The highest BCUT2D eigenvalue weighted by molar-refractivity contribution is 7.47. The van der Waals surface area contributed by atoms with Crippen LogP contribution in [0.15, 0.2) is 24.3 Å². The van der Waals surface area contributed by atoms with Crippen LogP contribution < -0.4 is 0 Å². The number of aliphatic hydroxyl groups excluding tert-OH is 5. The molecule has 60 heavy (non-hydrogen) atoms. The summed E-state index contributed by atoms with van der Waals surface area (Å²) in [6.45, 7) is 3.27. The summed E-state index contributed by atoms with van der Waals surface area (Å²) in [5.41, 5.74) is 0. The fraction of sp³-hybridized carbons (Fsp3) is 0.870. The lowest BCUT2D eigenvalue weighted by molar-refractivity contribution is -0.220. The van der Waals surface area contributed by atoms with Gasteiger partial charge in [-0.1, -0.05) is 167 Å². The van der Waals surface area contributed by atoms with Crippen LogP contribution in [0, 0.1) is 0 Å². The van der Waals surface area contributed by atoms with E-state index < -0.39 is 75.7 Å². The average molecular weight is 877 g/mol. The molecule has 352 valence electrons. The Morgan fingerprint density at radius 2 is 0.900 bits per heavy atom. The van der Waals surface area contributed by atoms with Crippen molar-refractivity contribution in [3.63, 3.8) is 0 Å². The minimum atomic E-state index is -5.11. The van der Waals surface area contributed by atoms with E-state index >= 15 is 0 Å². The van der Waals surface area contributed by atoms with Crippen LogP contribution in [0.3, 0.4) is 0 Å². The monoisotopic (exact) mass is 877 g/mol. The van der Waals surface area contributed by atoms with Crippen LogP contribution in [0.4, 0.5) is 0 Å². The topological polar surface area (TPSA) is 210 Å². The van der Waals surface area contributed by atoms with Gasteiger partial charge in [-0.3, -0.25) is 18.6 Å². The Morgan fingerprint density at radius 1 is 0.517 bits per heavy atom. The maximum absolute atomic E-state index is 12.8. The number of unbranched alkanes of at least 4 members (excludes halogenated alkanes) is 23. The number of carbonyl (C=O) groups is 2. The summed E-state index contributed by atoms with van der Waals surface area (Å²) in [7, 11) is -5.11. The highest BCUT2D eigenvalue weighted by Gasteiger charge is 2.51. The van der Waals surface area contributed by atoms with Gasteiger partial charge < -0.3 is 39.9 Å². The molecule has 0 aliphatic heterocycles. The molecule has 0 amide bonds. The van der Waals surface area contributed by atoms with Gasteiger partial charge in [0.15, 0.2) is 6.10 Å². The summed E-state index contributed by atoms with van der Waals surface area (Å²) < 4.78 is 33.5. The highest BCUT2D eigenvalue weighted by Crippen LogP contribution is 2.47. The van der Waals surface area contributed by atoms with Gasteiger partial charge in [0.25, 0.3) is 0 Å². The van der Waals surface area contributed by atoms with Crippen molar-refractivity contribution in [1.82, 2.24) is 0 Å². The largest absolute Gasteiger partial charge is 0.472 e. The summed E-state index contributed by atoms with van der Waals surface area (Å²) in [5, 5.41) is 50.1. The maximum atomic E-state index is 12.8. The molecule has 0 aromatic heterocycles. The normalized spacial score (nSPS) is 22.3. The highest BCUT2D eigenvalue weighted by atomic mass is 31.2. The molecule has 1 saturated carbocycles. The molecule has 0 saturated heterocycles. The van der Waals surface area contributed by atoms with Crippen molar-refractivity contribution in [2.24, 2.45) is 0 Å². The van der Waals surface area contributed by atoms with E-state index in [1.165, 1.54) is 103 Å². The molecule has 0 bridgehead atoms. The quantitative estimate of drug-likeness (QED) is 0.0147. The van der Waals surface area contributed by atoms with Gasteiger partial charge in [0.2, 0.25) is 0 Å². The van der Waals surface area contributed by atoms with Crippen LogP contribution in [0.1, 0.15) is 200 Å². The molecule has 1 rings (SSSR count). The Balaban J connectivity index is 2.43. The number of esters is 2. The summed E-state index contributed by atoms with van der Waals surface area (Å²) >= 11 is 0. The lowest BCUT2D eigenvalue weighted by atomic mass is 9.85. The van der Waals surface area contributed by atoms with E-state index in [0.29, 0.717) is 12.8 Å². The first-order valence-corrected chi connectivity index (χ1v) is 25.1. The fourth-order valence-electron chi connectivity index (χ4n) is 7.20. The number of allylic oxidation sites excluding steroid dienone is 4. The molecule has 0 spiro atoms. The van der Waals surface area contributed by atoms with Crippen molar-refractivity contribution in [2.45, 2.75) is 243 Å². The number of phosphoric ester groups is 1. The molecule has 0 aromatic carbocycles. The van der Waals surface area contributed by atoms with Crippen LogP contribution in [-0.4, -0.2) is 98.3 Å². The lowest BCUT2D eigenvalue weighted by Gasteiger charge is -2.41. The van der Waals surface area contributed by atoms with Crippen molar-refractivity contribution in [1.29, 1.82) is 0 Å². The lowest BCUT2D eigenvalue weighted by Crippen LogP contribution is -2.64. The molecule has 6 N–H and O–H groups in total. The van der Waals surface area contributed by atoms with Crippen LogP contribution in [0.5, 0.6) is 0 Å². The third-order valence-electron chi connectivity index (χ3n) is 11.0. The number of hydrogen-bond donors (Lipinski definition) is 6. The predicted molar refractivity (Wildman–Crippen MR) is 235 cm³/mol. The van der Waals surface area contributed by atoms with Crippen LogP contribution in [-0.2, 0) is 32.7 Å². The van der Waals surface area contributed by atoms with E-state index in [2.05, 4.69) is 38.2 Å². The molecule has 8 atom stereocenters. The number of ether oxygens (including phenoxy) is 2. The third-order valence-corrected chi connectivity index (χ3v) is 12.0. The van der Waals surface area contributed by atoms with E-state index in [-0.39, 0.29) is 12.8 Å².